The maximum atomic E-state index is 13.0. The second-order valence-electron chi connectivity index (χ2n) is 6.77. The van der Waals surface area contributed by atoms with E-state index in [1.165, 1.54) is 30.8 Å². The van der Waals surface area contributed by atoms with Crippen molar-refractivity contribution in [3.8, 4) is 0 Å². The molecule has 1 unspecified atom stereocenters. The van der Waals surface area contributed by atoms with Crippen LogP contribution in [0, 0.1) is 11.8 Å². The first kappa shape index (κ1) is 13.3. The first-order valence-corrected chi connectivity index (χ1v) is 9.11. The molecule has 4 atom stereocenters. The largest absolute Gasteiger partial charge is 0.333 e. The van der Waals surface area contributed by atoms with Gasteiger partial charge in [0.15, 0.2) is 0 Å². The summed E-state index contributed by atoms with van der Waals surface area (Å²) in [7, 11) is 0. The molecule has 5 heteroatoms. The van der Waals surface area contributed by atoms with Gasteiger partial charge in [-0.2, -0.15) is 0 Å². The van der Waals surface area contributed by atoms with Gasteiger partial charge in [0.25, 0.3) is 5.91 Å². The third kappa shape index (κ3) is 1.81. The molecular formula is C17H17ClN2OS. The molecule has 1 aromatic carbocycles. The van der Waals surface area contributed by atoms with Gasteiger partial charge in [-0.1, -0.05) is 23.7 Å². The average molecular weight is 333 g/mol. The number of rotatable bonds is 1. The van der Waals surface area contributed by atoms with E-state index in [0.29, 0.717) is 12.0 Å². The Hall–Kier alpha value is -1.10. The van der Waals surface area contributed by atoms with Crippen molar-refractivity contribution < 1.29 is 4.79 Å². The fraction of sp³-hybridized carbons (Fsp3) is 0.471. The van der Waals surface area contributed by atoms with E-state index in [1.807, 2.05) is 24.3 Å². The molecule has 0 aliphatic carbocycles. The van der Waals surface area contributed by atoms with E-state index in [1.54, 1.807) is 0 Å². The van der Waals surface area contributed by atoms with Crippen LogP contribution in [0.4, 0.5) is 0 Å². The van der Waals surface area contributed by atoms with E-state index in [2.05, 4.69) is 9.80 Å². The van der Waals surface area contributed by atoms with Gasteiger partial charge in [-0.3, -0.25) is 4.79 Å². The highest BCUT2D eigenvalue weighted by atomic mass is 35.5. The Bertz CT molecular complexity index is 773. The lowest BCUT2D eigenvalue weighted by molar-refractivity contribution is 0.0425. The summed E-state index contributed by atoms with van der Waals surface area (Å²) < 4.78 is 1.03. The van der Waals surface area contributed by atoms with Gasteiger partial charge in [-0.05, 0) is 42.3 Å². The van der Waals surface area contributed by atoms with Crippen LogP contribution < -0.4 is 0 Å². The third-order valence-electron chi connectivity index (χ3n) is 5.62. The van der Waals surface area contributed by atoms with Crippen molar-refractivity contribution in [1.29, 1.82) is 0 Å². The van der Waals surface area contributed by atoms with Crippen LogP contribution >= 0.6 is 22.9 Å². The van der Waals surface area contributed by atoms with E-state index < -0.39 is 0 Å². The number of carbonyl (C=O) groups is 1. The zero-order chi connectivity index (χ0) is 14.8. The second-order valence-corrected chi connectivity index (χ2v) is 8.23. The van der Waals surface area contributed by atoms with Gasteiger partial charge in [0.1, 0.15) is 0 Å². The predicted molar refractivity (Wildman–Crippen MR) is 89.7 cm³/mol. The van der Waals surface area contributed by atoms with Gasteiger partial charge in [0, 0.05) is 25.7 Å². The molecule has 0 spiro atoms. The number of thiophene rings is 1. The number of fused-ring (bicyclic) bond motifs is 2. The van der Waals surface area contributed by atoms with Crippen LogP contribution in [0.15, 0.2) is 24.3 Å². The quantitative estimate of drug-likeness (QED) is 0.799. The second kappa shape index (κ2) is 4.70. The van der Waals surface area contributed by atoms with Crippen LogP contribution in [-0.4, -0.2) is 47.9 Å². The SMILES string of the molecule is O=C(c1cc2cccc(Cl)c2s1)N1C[C@H]2CN3CC[C@H]2[C@H]1C3. The summed E-state index contributed by atoms with van der Waals surface area (Å²) in [6, 6.07) is 8.31. The summed E-state index contributed by atoms with van der Waals surface area (Å²) in [6.45, 7) is 4.41. The summed E-state index contributed by atoms with van der Waals surface area (Å²) in [4.78, 5) is 18.5. The summed E-state index contributed by atoms with van der Waals surface area (Å²) in [5.74, 6) is 1.62. The van der Waals surface area contributed by atoms with Gasteiger partial charge in [-0.15, -0.1) is 11.3 Å². The van der Waals surface area contributed by atoms with Crippen molar-refractivity contribution in [2.75, 3.05) is 26.2 Å². The van der Waals surface area contributed by atoms with E-state index in [4.69, 9.17) is 11.6 Å². The summed E-state index contributed by atoms with van der Waals surface area (Å²) in [6.07, 6.45) is 1.26. The number of hydrogen-bond acceptors (Lipinski definition) is 3. The minimum atomic E-state index is 0.207. The maximum absolute atomic E-state index is 13.0. The lowest BCUT2D eigenvalue weighted by Gasteiger charge is -2.44. The molecule has 0 radical (unpaired) electrons. The normalized spacial score (nSPS) is 32.9. The summed E-state index contributed by atoms with van der Waals surface area (Å²) in [5.41, 5.74) is 0. The average Bonchev–Trinajstić information content (AvgIpc) is 3.08. The number of amides is 1. The topological polar surface area (TPSA) is 23.6 Å². The lowest BCUT2D eigenvalue weighted by Crippen LogP contribution is -2.54. The maximum Gasteiger partial charge on any atom is 0.264 e. The molecule has 1 amide bonds. The van der Waals surface area contributed by atoms with Crippen LogP contribution in [0.5, 0.6) is 0 Å². The Morgan fingerprint density at radius 3 is 2.95 bits per heavy atom. The molecule has 22 heavy (non-hydrogen) atoms. The zero-order valence-corrected chi connectivity index (χ0v) is 13.7. The van der Waals surface area contributed by atoms with Crippen LogP contribution in [0.25, 0.3) is 10.1 Å². The predicted octanol–water partition coefficient (Wildman–Crippen LogP) is 3.33. The summed E-state index contributed by atoms with van der Waals surface area (Å²) in [5, 5.41) is 1.82. The van der Waals surface area contributed by atoms with E-state index in [-0.39, 0.29) is 5.91 Å². The van der Waals surface area contributed by atoms with E-state index in [9.17, 15) is 4.79 Å². The minimum absolute atomic E-state index is 0.207. The van der Waals surface area contributed by atoms with Crippen molar-refractivity contribution in [3.63, 3.8) is 0 Å². The zero-order valence-electron chi connectivity index (χ0n) is 12.2. The Morgan fingerprint density at radius 2 is 2.18 bits per heavy atom. The molecule has 0 N–H and O–H groups in total. The number of piperidine rings is 3. The molecule has 4 aliphatic rings. The standard InChI is InChI=1S/C17H17ClN2OS/c18-13-3-1-2-10-6-15(22-16(10)13)17(21)20-8-11-7-19-5-4-12(11)14(20)9-19/h1-3,6,11-12,14H,4-5,7-9H2/t11-,12-,14-/m1/s1. The Labute approximate surface area is 138 Å². The van der Waals surface area contributed by atoms with Gasteiger partial charge < -0.3 is 9.80 Å². The molecule has 2 aromatic rings. The minimum Gasteiger partial charge on any atom is -0.333 e. The Kier molecular flexibility index (Phi) is 2.85. The molecule has 4 fully saturated rings. The lowest BCUT2D eigenvalue weighted by atomic mass is 9.80. The molecule has 5 heterocycles. The highest BCUT2D eigenvalue weighted by Crippen LogP contribution is 2.43. The van der Waals surface area contributed by atoms with Crippen LogP contribution in [0.3, 0.4) is 0 Å². The molecule has 4 bridgehead atoms. The smallest absolute Gasteiger partial charge is 0.264 e. The number of hydrogen-bond donors (Lipinski definition) is 0. The number of nitrogens with zero attached hydrogens (tertiary/aromatic N) is 2. The molecule has 4 aliphatic heterocycles. The monoisotopic (exact) mass is 332 g/mol. The molecule has 114 valence electrons. The molecular weight excluding hydrogens is 316 g/mol. The highest BCUT2D eigenvalue weighted by Gasteiger charge is 2.51. The van der Waals surface area contributed by atoms with E-state index >= 15 is 0 Å². The molecule has 1 aromatic heterocycles. The molecule has 6 rings (SSSR count). The van der Waals surface area contributed by atoms with Crippen molar-refractivity contribution in [1.82, 2.24) is 9.80 Å². The number of halogens is 1. The number of carbonyl (C=O) groups excluding carboxylic acids is 1. The molecule has 0 saturated carbocycles. The Balaban J connectivity index is 1.50. The van der Waals surface area contributed by atoms with Gasteiger partial charge in [0.2, 0.25) is 0 Å². The van der Waals surface area contributed by atoms with Gasteiger partial charge >= 0.3 is 0 Å². The van der Waals surface area contributed by atoms with Gasteiger partial charge in [0.05, 0.1) is 14.6 Å². The first-order valence-electron chi connectivity index (χ1n) is 7.92. The summed E-state index contributed by atoms with van der Waals surface area (Å²) >= 11 is 7.79. The van der Waals surface area contributed by atoms with Crippen molar-refractivity contribution in [3.05, 3.63) is 34.2 Å². The molecule has 3 nitrogen and oxygen atoms in total. The van der Waals surface area contributed by atoms with Crippen LogP contribution in [0.2, 0.25) is 5.02 Å². The third-order valence-corrected chi connectivity index (χ3v) is 7.21. The van der Waals surface area contributed by atoms with Crippen molar-refractivity contribution in [2.24, 2.45) is 11.8 Å². The molecule has 4 saturated heterocycles. The fourth-order valence-corrected chi connectivity index (χ4v) is 5.94. The highest BCUT2D eigenvalue weighted by molar-refractivity contribution is 7.21. The van der Waals surface area contributed by atoms with E-state index in [0.717, 1.165) is 39.0 Å². The van der Waals surface area contributed by atoms with Crippen LogP contribution in [-0.2, 0) is 0 Å². The number of likely N-dealkylation sites (tertiary alicyclic amines) is 1. The fourth-order valence-electron chi connectivity index (χ4n) is 4.62. The Morgan fingerprint density at radius 1 is 1.27 bits per heavy atom. The first-order chi connectivity index (χ1) is 10.7. The number of benzene rings is 1. The van der Waals surface area contributed by atoms with Crippen molar-refractivity contribution >= 4 is 38.9 Å². The van der Waals surface area contributed by atoms with Gasteiger partial charge in [-0.25, -0.2) is 0 Å². The van der Waals surface area contributed by atoms with Crippen molar-refractivity contribution in [2.45, 2.75) is 12.5 Å². The van der Waals surface area contributed by atoms with Crippen LogP contribution in [0.1, 0.15) is 16.1 Å².